The third kappa shape index (κ3) is 6.60. The third-order valence-electron chi connectivity index (χ3n) is 9.52. The molecule has 0 spiro atoms. The van der Waals surface area contributed by atoms with E-state index in [4.69, 9.17) is 4.74 Å². The molecule has 0 bridgehead atoms. The van der Waals surface area contributed by atoms with E-state index in [2.05, 4.69) is 13.8 Å². The van der Waals surface area contributed by atoms with Gasteiger partial charge in [0.25, 0.3) is 0 Å². The monoisotopic (exact) mass is 446 g/mol. The number of hydrogen-bond donors (Lipinski definition) is 0. The molecule has 0 saturated heterocycles. The van der Waals surface area contributed by atoms with Crippen LogP contribution in [0.3, 0.4) is 0 Å². The number of Topliss-reactive ketones (excluding diaryl/α,β-unsaturated/α-hetero) is 1. The Balaban J connectivity index is 1.39. The second kappa shape index (κ2) is 12.6. The predicted molar refractivity (Wildman–Crippen MR) is 131 cm³/mol. The number of carbonyl (C=O) groups excluding carboxylic acids is 2. The van der Waals surface area contributed by atoms with Gasteiger partial charge in [-0.25, -0.2) is 0 Å². The van der Waals surface area contributed by atoms with Gasteiger partial charge in [-0.15, -0.1) is 0 Å². The zero-order valence-electron chi connectivity index (χ0n) is 21.3. The normalized spacial score (nSPS) is 36.1. The van der Waals surface area contributed by atoms with Gasteiger partial charge in [-0.1, -0.05) is 58.8 Å². The molecular weight excluding hydrogens is 396 g/mol. The molecule has 0 aliphatic heterocycles. The minimum atomic E-state index is -0.893. The smallest absolute Gasteiger partial charge is 0.319 e. The molecule has 0 aromatic heterocycles. The Morgan fingerprint density at radius 3 is 1.94 bits per heavy atom. The molecule has 184 valence electrons. The van der Waals surface area contributed by atoms with Crippen LogP contribution in [0.4, 0.5) is 0 Å². The van der Waals surface area contributed by atoms with Gasteiger partial charge in [-0.2, -0.15) is 0 Å². The van der Waals surface area contributed by atoms with Crippen LogP contribution < -0.4 is 0 Å². The standard InChI is InChI=1S/C29H50O3/c1-4-6-8-20-32-28(31)29(3)19-18-26(21-27(29)30)25-16-14-24(15-17-25)23-12-10-22(11-13-23)9-7-5-2/h22-26H,4-21H2,1-3H3/t22?,23?,24?,25?,26-,29+/m1/s1. The second-order valence-electron chi connectivity index (χ2n) is 11.7. The van der Waals surface area contributed by atoms with Gasteiger partial charge in [0.2, 0.25) is 0 Å². The van der Waals surface area contributed by atoms with Gasteiger partial charge in [0, 0.05) is 6.42 Å². The SMILES string of the molecule is CCCCCOC(=O)[C@@]1(C)CC[C@@H](C2CCC(C3CCC(CCCC)CC3)CC2)CC1=O. The van der Waals surface area contributed by atoms with Crippen LogP contribution in [0.5, 0.6) is 0 Å². The first kappa shape index (κ1) is 25.8. The summed E-state index contributed by atoms with van der Waals surface area (Å²) in [6.07, 6.45) is 20.8. The molecule has 3 nitrogen and oxygen atoms in total. The highest BCUT2D eigenvalue weighted by molar-refractivity contribution is 6.04. The maximum Gasteiger partial charge on any atom is 0.319 e. The van der Waals surface area contributed by atoms with E-state index >= 15 is 0 Å². The molecule has 0 unspecified atom stereocenters. The minimum Gasteiger partial charge on any atom is -0.465 e. The van der Waals surface area contributed by atoms with Crippen molar-refractivity contribution in [2.75, 3.05) is 6.61 Å². The number of unbranched alkanes of at least 4 members (excludes halogenated alkanes) is 3. The molecule has 0 heterocycles. The molecule has 0 N–H and O–H groups in total. The van der Waals surface area contributed by atoms with Crippen LogP contribution in [-0.4, -0.2) is 18.4 Å². The second-order valence-corrected chi connectivity index (χ2v) is 11.7. The van der Waals surface area contributed by atoms with Crippen LogP contribution in [0, 0.1) is 35.0 Å². The summed E-state index contributed by atoms with van der Waals surface area (Å²) >= 11 is 0. The number of ketones is 1. The summed E-state index contributed by atoms with van der Waals surface area (Å²) in [5.74, 6) is 3.96. The molecule has 0 radical (unpaired) electrons. The first-order chi connectivity index (χ1) is 15.5. The maximum absolute atomic E-state index is 13.0. The highest BCUT2D eigenvalue weighted by atomic mass is 16.5. The van der Waals surface area contributed by atoms with Crippen LogP contribution in [0.1, 0.15) is 130 Å². The zero-order chi connectivity index (χ0) is 23.0. The van der Waals surface area contributed by atoms with E-state index in [0.717, 1.165) is 43.4 Å². The van der Waals surface area contributed by atoms with E-state index in [0.29, 0.717) is 31.3 Å². The highest BCUT2D eigenvalue weighted by Crippen LogP contribution is 2.47. The Morgan fingerprint density at radius 2 is 1.38 bits per heavy atom. The molecule has 3 fully saturated rings. The van der Waals surface area contributed by atoms with Crippen molar-refractivity contribution in [3.63, 3.8) is 0 Å². The van der Waals surface area contributed by atoms with Crippen LogP contribution in [-0.2, 0) is 14.3 Å². The van der Waals surface area contributed by atoms with Crippen LogP contribution in [0.2, 0.25) is 0 Å². The number of ether oxygens (including phenoxy) is 1. The number of carbonyl (C=O) groups is 2. The minimum absolute atomic E-state index is 0.141. The molecule has 32 heavy (non-hydrogen) atoms. The van der Waals surface area contributed by atoms with Crippen molar-refractivity contribution in [3.05, 3.63) is 0 Å². The van der Waals surface area contributed by atoms with Crippen LogP contribution >= 0.6 is 0 Å². The van der Waals surface area contributed by atoms with E-state index < -0.39 is 5.41 Å². The maximum atomic E-state index is 13.0. The first-order valence-corrected chi connectivity index (χ1v) is 14.2. The van der Waals surface area contributed by atoms with E-state index in [9.17, 15) is 9.59 Å². The molecule has 2 atom stereocenters. The Bertz CT molecular complexity index is 583. The van der Waals surface area contributed by atoms with Crippen LogP contribution in [0.25, 0.3) is 0 Å². The van der Waals surface area contributed by atoms with Crippen molar-refractivity contribution < 1.29 is 14.3 Å². The summed E-state index contributed by atoms with van der Waals surface area (Å²) < 4.78 is 5.49. The van der Waals surface area contributed by atoms with Gasteiger partial charge >= 0.3 is 5.97 Å². The number of hydrogen-bond acceptors (Lipinski definition) is 3. The van der Waals surface area contributed by atoms with Crippen molar-refractivity contribution in [2.24, 2.45) is 35.0 Å². The lowest BCUT2D eigenvalue weighted by Crippen LogP contribution is -2.44. The summed E-state index contributed by atoms with van der Waals surface area (Å²) in [5.41, 5.74) is -0.893. The summed E-state index contributed by atoms with van der Waals surface area (Å²) in [6.45, 7) is 6.75. The number of esters is 1. The Morgan fingerprint density at radius 1 is 0.812 bits per heavy atom. The lowest BCUT2D eigenvalue weighted by molar-refractivity contribution is -0.162. The van der Waals surface area contributed by atoms with Gasteiger partial charge in [0.1, 0.15) is 11.2 Å². The quantitative estimate of drug-likeness (QED) is 0.194. The summed E-state index contributed by atoms with van der Waals surface area (Å²) in [6, 6.07) is 0. The Kier molecular flexibility index (Phi) is 10.1. The van der Waals surface area contributed by atoms with Crippen molar-refractivity contribution in [2.45, 2.75) is 130 Å². The van der Waals surface area contributed by atoms with Gasteiger partial charge < -0.3 is 4.74 Å². The van der Waals surface area contributed by atoms with E-state index in [1.54, 1.807) is 0 Å². The van der Waals surface area contributed by atoms with Crippen LogP contribution in [0.15, 0.2) is 0 Å². The topological polar surface area (TPSA) is 43.4 Å². The largest absolute Gasteiger partial charge is 0.465 e. The first-order valence-electron chi connectivity index (χ1n) is 14.2. The molecule has 0 aromatic rings. The fourth-order valence-corrected chi connectivity index (χ4v) is 7.00. The van der Waals surface area contributed by atoms with Crippen molar-refractivity contribution >= 4 is 11.8 Å². The van der Waals surface area contributed by atoms with E-state index in [1.165, 1.54) is 70.6 Å². The molecule has 3 aliphatic carbocycles. The molecule has 0 amide bonds. The number of rotatable bonds is 10. The summed E-state index contributed by atoms with van der Waals surface area (Å²) in [7, 11) is 0. The Hall–Kier alpha value is -0.860. The fourth-order valence-electron chi connectivity index (χ4n) is 7.00. The molecular formula is C29H50O3. The molecule has 0 aromatic carbocycles. The van der Waals surface area contributed by atoms with E-state index in [1.807, 2.05) is 6.92 Å². The third-order valence-corrected chi connectivity index (χ3v) is 9.52. The van der Waals surface area contributed by atoms with Gasteiger partial charge in [-0.05, 0) is 94.3 Å². The van der Waals surface area contributed by atoms with Crippen molar-refractivity contribution in [1.29, 1.82) is 0 Å². The average molecular weight is 447 g/mol. The average Bonchev–Trinajstić information content (AvgIpc) is 2.82. The highest BCUT2D eigenvalue weighted by Gasteiger charge is 2.47. The summed E-state index contributed by atoms with van der Waals surface area (Å²) in [5, 5.41) is 0. The van der Waals surface area contributed by atoms with Gasteiger partial charge in [-0.3, -0.25) is 9.59 Å². The molecule has 3 heteroatoms. The van der Waals surface area contributed by atoms with Crippen molar-refractivity contribution in [3.8, 4) is 0 Å². The van der Waals surface area contributed by atoms with Crippen molar-refractivity contribution in [1.82, 2.24) is 0 Å². The molecule has 3 rings (SSSR count). The lowest BCUT2D eigenvalue weighted by Gasteiger charge is -2.42. The molecule has 3 aliphatic rings. The molecule has 3 saturated carbocycles. The van der Waals surface area contributed by atoms with E-state index in [-0.39, 0.29) is 11.8 Å². The lowest BCUT2D eigenvalue weighted by atomic mass is 9.62. The summed E-state index contributed by atoms with van der Waals surface area (Å²) in [4.78, 5) is 25.6. The fraction of sp³-hybridized carbons (Fsp3) is 0.931. The predicted octanol–water partition coefficient (Wildman–Crippen LogP) is 7.90. The van der Waals surface area contributed by atoms with Gasteiger partial charge in [0.15, 0.2) is 0 Å². The zero-order valence-corrected chi connectivity index (χ0v) is 21.3. The Labute approximate surface area is 197 Å². The van der Waals surface area contributed by atoms with Gasteiger partial charge in [0.05, 0.1) is 6.61 Å².